The number of aryl methyl sites for hydroxylation is 1. The third-order valence-corrected chi connectivity index (χ3v) is 5.81. The first kappa shape index (κ1) is 24.4. The van der Waals surface area contributed by atoms with Gasteiger partial charge in [-0.2, -0.15) is 5.10 Å². The molecule has 1 N–H and O–H groups in total. The van der Waals surface area contributed by atoms with Crippen LogP contribution in [0.15, 0.2) is 47.2 Å². The zero-order valence-electron chi connectivity index (χ0n) is 19.1. The molecule has 9 nitrogen and oxygen atoms in total. The van der Waals surface area contributed by atoms with Crippen molar-refractivity contribution in [3.63, 3.8) is 0 Å². The molecule has 0 aromatic carbocycles. The summed E-state index contributed by atoms with van der Waals surface area (Å²) < 4.78 is 39.3. The lowest BCUT2D eigenvalue weighted by molar-refractivity contribution is 0.0938. The Labute approximate surface area is 204 Å². The molecule has 0 radical (unpaired) electrons. The number of rotatable bonds is 8. The Morgan fingerprint density at radius 2 is 2.09 bits per heavy atom. The lowest BCUT2D eigenvalue weighted by Crippen LogP contribution is -2.41. The van der Waals surface area contributed by atoms with Gasteiger partial charge in [-0.1, -0.05) is 22.8 Å². The van der Waals surface area contributed by atoms with Crippen molar-refractivity contribution in [1.82, 2.24) is 30.2 Å². The van der Waals surface area contributed by atoms with Gasteiger partial charge in [0.1, 0.15) is 16.7 Å². The molecule has 12 heteroatoms. The highest BCUT2D eigenvalue weighted by Gasteiger charge is 2.36. The summed E-state index contributed by atoms with van der Waals surface area (Å²) in [4.78, 5) is 21.1. The van der Waals surface area contributed by atoms with Crippen LogP contribution in [0, 0.1) is 11.6 Å². The Morgan fingerprint density at radius 3 is 2.80 bits per heavy atom. The fourth-order valence-electron chi connectivity index (χ4n) is 3.71. The average Bonchev–Trinajstić information content (AvgIpc) is 3.45. The number of methoxy groups -OCH3 is 1. The van der Waals surface area contributed by atoms with Crippen LogP contribution in [0.3, 0.4) is 0 Å². The summed E-state index contributed by atoms with van der Waals surface area (Å²) in [6, 6.07) is 7.13. The summed E-state index contributed by atoms with van der Waals surface area (Å²) in [6.07, 6.45) is 2.54. The van der Waals surface area contributed by atoms with Crippen molar-refractivity contribution in [3.05, 3.63) is 82.2 Å². The van der Waals surface area contributed by atoms with Crippen LogP contribution in [0.5, 0.6) is 0 Å². The minimum Gasteiger partial charge on any atom is -0.378 e. The van der Waals surface area contributed by atoms with Crippen molar-refractivity contribution in [2.75, 3.05) is 13.7 Å². The molecule has 0 bridgehead atoms. The van der Waals surface area contributed by atoms with E-state index in [0.717, 1.165) is 17.5 Å². The second-order valence-electron chi connectivity index (χ2n) is 7.98. The van der Waals surface area contributed by atoms with E-state index in [1.54, 1.807) is 43.2 Å². The predicted octanol–water partition coefficient (Wildman–Crippen LogP) is 3.68. The quantitative estimate of drug-likeness (QED) is 0.366. The van der Waals surface area contributed by atoms with Gasteiger partial charge in [-0.15, -0.1) is 0 Å². The van der Waals surface area contributed by atoms with Gasteiger partial charge in [0.25, 0.3) is 5.91 Å². The van der Waals surface area contributed by atoms with E-state index in [4.69, 9.17) is 20.9 Å². The standard InChI is InChI=1S/C23H21ClF2N6O3/c1-23(19-5-4-6-20(24)30-19,14-10-29-32(2)17(14)11-34-3)12-28-22(33)16-8-18(35-31-16)21-15(26)7-13(25)9-27-21/h4-10H,11-12H2,1-3H3,(H,28,33). The smallest absolute Gasteiger partial charge is 0.273 e. The molecule has 0 aliphatic rings. The van der Waals surface area contributed by atoms with Gasteiger partial charge in [-0.25, -0.2) is 18.7 Å². The number of amides is 1. The number of halogens is 3. The SMILES string of the molecule is COCc1c(C(C)(CNC(=O)c2cc(-c3ncc(F)cc3F)on2)c2cccc(Cl)n2)cnn1C. The number of nitrogens with one attached hydrogen (secondary N) is 1. The number of carbonyl (C=O) groups excluding carboxylic acids is 1. The summed E-state index contributed by atoms with van der Waals surface area (Å²) >= 11 is 6.16. The highest BCUT2D eigenvalue weighted by atomic mass is 35.5. The zero-order chi connectivity index (χ0) is 25.2. The van der Waals surface area contributed by atoms with Crippen LogP contribution in [0.25, 0.3) is 11.5 Å². The molecule has 35 heavy (non-hydrogen) atoms. The van der Waals surface area contributed by atoms with E-state index in [9.17, 15) is 13.6 Å². The summed E-state index contributed by atoms with van der Waals surface area (Å²) in [5.41, 5.74) is 0.984. The van der Waals surface area contributed by atoms with E-state index in [2.05, 4.69) is 25.5 Å². The molecule has 0 spiro atoms. The molecule has 4 rings (SSSR count). The van der Waals surface area contributed by atoms with E-state index >= 15 is 0 Å². The first-order chi connectivity index (χ1) is 16.7. The van der Waals surface area contributed by atoms with Crippen molar-refractivity contribution < 1.29 is 22.8 Å². The molecule has 4 heterocycles. The molecule has 182 valence electrons. The van der Waals surface area contributed by atoms with Crippen LogP contribution in [0.1, 0.15) is 34.4 Å². The molecule has 0 saturated heterocycles. The second-order valence-corrected chi connectivity index (χ2v) is 8.37. The van der Waals surface area contributed by atoms with E-state index in [1.807, 2.05) is 6.92 Å². The molecule has 4 aromatic heterocycles. The van der Waals surface area contributed by atoms with E-state index in [1.165, 1.54) is 6.07 Å². The van der Waals surface area contributed by atoms with Crippen molar-refractivity contribution in [2.24, 2.45) is 7.05 Å². The van der Waals surface area contributed by atoms with Gasteiger partial charge in [-0.3, -0.25) is 9.48 Å². The maximum Gasteiger partial charge on any atom is 0.273 e. The Bertz CT molecular complexity index is 1380. The number of aromatic nitrogens is 5. The van der Waals surface area contributed by atoms with Crippen molar-refractivity contribution >= 4 is 17.5 Å². The highest BCUT2D eigenvalue weighted by Crippen LogP contribution is 2.33. The fraction of sp³-hybridized carbons (Fsp3) is 0.261. The average molecular weight is 503 g/mol. The van der Waals surface area contributed by atoms with Gasteiger partial charge < -0.3 is 14.6 Å². The molecular formula is C23H21ClF2N6O3. The molecule has 0 saturated carbocycles. The van der Waals surface area contributed by atoms with Crippen LogP contribution in [-0.2, 0) is 23.8 Å². The summed E-state index contributed by atoms with van der Waals surface area (Å²) in [6.45, 7) is 2.28. The third kappa shape index (κ3) is 4.91. The minimum atomic E-state index is -0.935. The van der Waals surface area contributed by atoms with E-state index in [-0.39, 0.29) is 23.7 Å². The first-order valence-electron chi connectivity index (χ1n) is 10.4. The van der Waals surface area contributed by atoms with Gasteiger partial charge in [-0.05, 0) is 19.1 Å². The lowest BCUT2D eigenvalue weighted by atomic mass is 9.79. The van der Waals surface area contributed by atoms with Gasteiger partial charge in [0, 0.05) is 38.4 Å². The second kappa shape index (κ2) is 9.88. The number of hydrogen-bond donors (Lipinski definition) is 1. The van der Waals surface area contributed by atoms with E-state index in [0.29, 0.717) is 23.5 Å². The Hall–Kier alpha value is -3.70. The Balaban J connectivity index is 1.63. The topological polar surface area (TPSA) is 108 Å². The fourth-order valence-corrected chi connectivity index (χ4v) is 3.87. The molecular weight excluding hydrogens is 482 g/mol. The number of nitrogens with zero attached hydrogens (tertiary/aromatic N) is 5. The van der Waals surface area contributed by atoms with Gasteiger partial charge >= 0.3 is 0 Å². The third-order valence-electron chi connectivity index (χ3n) is 5.60. The van der Waals surface area contributed by atoms with Crippen LogP contribution < -0.4 is 5.32 Å². The van der Waals surface area contributed by atoms with Crippen LogP contribution >= 0.6 is 11.6 Å². The van der Waals surface area contributed by atoms with Gasteiger partial charge in [0.15, 0.2) is 17.3 Å². The number of hydrogen-bond acceptors (Lipinski definition) is 7. The van der Waals surface area contributed by atoms with Crippen LogP contribution in [0.4, 0.5) is 8.78 Å². The maximum absolute atomic E-state index is 14.0. The molecule has 1 amide bonds. The van der Waals surface area contributed by atoms with Crippen molar-refractivity contribution in [2.45, 2.75) is 18.9 Å². The largest absolute Gasteiger partial charge is 0.378 e. The molecule has 1 atom stereocenters. The molecule has 0 fully saturated rings. The molecule has 0 aliphatic carbocycles. The van der Waals surface area contributed by atoms with Gasteiger partial charge in [0.05, 0.1) is 35.8 Å². The number of carbonyl (C=O) groups is 1. The zero-order valence-corrected chi connectivity index (χ0v) is 19.8. The predicted molar refractivity (Wildman–Crippen MR) is 122 cm³/mol. The molecule has 1 unspecified atom stereocenters. The Kier molecular flexibility index (Phi) is 6.90. The highest BCUT2D eigenvalue weighted by molar-refractivity contribution is 6.29. The van der Waals surface area contributed by atoms with Crippen LogP contribution in [0.2, 0.25) is 5.15 Å². The van der Waals surface area contributed by atoms with E-state index < -0.39 is 23.0 Å². The number of pyridine rings is 2. The monoisotopic (exact) mass is 502 g/mol. The molecule has 4 aromatic rings. The summed E-state index contributed by atoms with van der Waals surface area (Å²) in [5, 5.41) is 11.2. The number of ether oxygens (including phenoxy) is 1. The molecule has 0 aliphatic heterocycles. The Morgan fingerprint density at radius 1 is 1.29 bits per heavy atom. The minimum absolute atomic E-state index is 0.0902. The lowest BCUT2D eigenvalue weighted by Gasteiger charge is -2.30. The van der Waals surface area contributed by atoms with Crippen LogP contribution in [-0.4, -0.2) is 44.5 Å². The summed E-state index contributed by atoms with van der Waals surface area (Å²) in [5.74, 6) is -2.45. The van der Waals surface area contributed by atoms with Gasteiger partial charge in [0.2, 0.25) is 0 Å². The van der Waals surface area contributed by atoms with Crippen molar-refractivity contribution in [1.29, 1.82) is 0 Å². The van der Waals surface area contributed by atoms with Crippen molar-refractivity contribution in [3.8, 4) is 11.5 Å². The normalized spacial score (nSPS) is 13.0. The first-order valence-corrected chi connectivity index (χ1v) is 10.8. The summed E-state index contributed by atoms with van der Waals surface area (Å²) in [7, 11) is 3.37. The maximum atomic E-state index is 14.0.